The van der Waals surface area contributed by atoms with E-state index in [1.165, 1.54) is 105 Å². The van der Waals surface area contributed by atoms with E-state index in [1.54, 1.807) is 0 Å². The van der Waals surface area contributed by atoms with Crippen molar-refractivity contribution in [2.45, 2.75) is 45.4 Å². The molecule has 0 unspecified atom stereocenters. The highest BCUT2D eigenvalue weighted by Crippen LogP contribution is 2.43. The lowest BCUT2D eigenvalue weighted by molar-refractivity contribution is 0.876. The molecule has 11 rings (SSSR count). The van der Waals surface area contributed by atoms with E-state index in [0.717, 1.165) is 44.2 Å². The van der Waals surface area contributed by atoms with Crippen molar-refractivity contribution in [2.75, 3.05) is 0 Å². The van der Waals surface area contributed by atoms with E-state index in [1.807, 2.05) is 6.08 Å². The Morgan fingerprint density at radius 3 is 2.10 bits per heavy atom. The summed E-state index contributed by atoms with van der Waals surface area (Å²) >= 11 is 0. The molecule has 2 heterocycles. The molecule has 2 heteroatoms. The predicted octanol–water partition coefficient (Wildman–Crippen LogP) is 14.7. The van der Waals surface area contributed by atoms with Gasteiger partial charge >= 0.3 is 0 Å². The summed E-state index contributed by atoms with van der Waals surface area (Å²) in [7, 11) is 0. The van der Waals surface area contributed by atoms with E-state index in [4.69, 9.17) is 6.42 Å². The number of aryl methyl sites for hydroxylation is 1. The van der Waals surface area contributed by atoms with E-state index in [9.17, 15) is 0 Å². The van der Waals surface area contributed by atoms with Crippen molar-refractivity contribution in [1.82, 2.24) is 9.13 Å². The molecule has 0 bridgehead atoms. The molecule has 3 aliphatic carbocycles. The molecule has 0 fully saturated rings. The Balaban J connectivity index is 1.08. The Morgan fingerprint density at radius 2 is 1.31 bits per heavy atom. The molecule has 0 aliphatic heterocycles. The highest BCUT2D eigenvalue weighted by atomic mass is 15.0. The molecule has 3 aliphatic rings. The fourth-order valence-corrected chi connectivity index (χ4v) is 9.98. The summed E-state index contributed by atoms with van der Waals surface area (Å²) in [6, 6.07) is 47.8. The normalized spacial score (nSPS) is 14.9. The molecular weight excluding hydrogens is 713 g/mol. The smallest absolute Gasteiger partial charge is 0.0547 e. The molecule has 2 aromatic heterocycles. The summed E-state index contributed by atoms with van der Waals surface area (Å²) in [5.41, 5.74) is 21.7. The molecule has 0 radical (unpaired) electrons. The zero-order valence-corrected chi connectivity index (χ0v) is 33.4. The van der Waals surface area contributed by atoms with Crippen molar-refractivity contribution in [1.29, 1.82) is 0 Å². The standard InChI is InChI=1S/C57H44N2/c1-3-4-14-39-23-24-43-19-13-22-54(57(43)38(39)2)59-52-21-12-11-20-48(52)51-35-44(29-34-53(51)59)46-28-33-50-49-32-27-45(41-17-9-6-10-18-41)36-55(49)58(56(50)37-46)47-30-25-42(26-31-47)40-15-7-5-8-16-40/h1,4-5,7-9,11,13-20,22,25-37H,6,10,12,21,23-24H2,2H3/b14-4-. The van der Waals surface area contributed by atoms with Gasteiger partial charge in [-0.15, -0.1) is 6.42 Å². The van der Waals surface area contributed by atoms with Gasteiger partial charge in [-0.25, -0.2) is 0 Å². The van der Waals surface area contributed by atoms with Gasteiger partial charge in [-0.3, -0.25) is 0 Å². The number of benzene rings is 6. The average molecular weight is 757 g/mol. The molecule has 0 saturated carbocycles. The minimum absolute atomic E-state index is 1.01. The number of fused-ring (bicyclic) bond motifs is 7. The van der Waals surface area contributed by atoms with Crippen molar-refractivity contribution in [2.24, 2.45) is 0 Å². The Morgan fingerprint density at radius 1 is 0.576 bits per heavy atom. The van der Waals surface area contributed by atoms with Gasteiger partial charge in [-0.2, -0.15) is 0 Å². The number of aromatic nitrogens is 2. The maximum Gasteiger partial charge on any atom is 0.0547 e. The van der Waals surface area contributed by atoms with Gasteiger partial charge in [0.05, 0.1) is 22.2 Å². The second kappa shape index (κ2) is 14.4. The number of terminal acetylenes is 1. The van der Waals surface area contributed by atoms with Crippen LogP contribution in [0.1, 0.15) is 60.6 Å². The summed E-state index contributed by atoms with van der Waals surface area (Å²) in [5, 5.41) is 3.83. The van der Waals surface area contributed by atoms with E-state index in [-0.39, 0.29) is 0 Å². The Labute approximate surface area is 346 Å². The molecule has 8 aromatic rings. The summed E-state index contributed by atoms with van der Waals surface area (Å²) in [6.07, 6.45) is 27.5. The van der Waals surface area contributed by atoms with Crippen molar-refractivity contribution in [3.63, 3.8) is 0 Å². The second-order valence-corrected chi connectivity index (χ2v) is 16.2. The van der Waals surface area contributed by atoms with Crippen molar-refractivity contribution < 1.29 is 0 Å². The van der Waals surface area contributed by atoms with Crippen LogP contribution in [0.15, 0.2) is 169 Å². The molecule has 0 amide bonds. The maximum atomic E-state index is 5.64. The summed E-state index contributed by atoms with van der Waals surface area (Å²) in [4.78, 5) is 0. The molecule has 0 saturated heterocycles. The molecule has 59 heavy (non-hydrogen) atoms. The van der Waals surface area contributed by atoms with Crippen LogP contribution in [0.2, 0.25) is 0 Å². The Bertz CT molecular complexity index is 3200. The van der Waals surface area contributed by atoms with Gasteiger partial charge in [0.1, 0.15) is 0 Å². The zero-order chi connectivity index (χ0) is 39.5. The van der Waals surface area contributed by atoms with Gasteiger partial charge in [-0.05, 0) is 144 Å². The van der Waals surface area contributed by atoms with Gasteiger partial charge in [0.2, 0.25) is 0 Å². The van der Waals surface area contributed by atoms with Gasteiger partial charge < -0.3 is 9.13 Å². The monoisotopic (exact) mass is 756 g/mol. The molecule has 6 aromatic carbocycles. The lowest BCUT2D eigenvalue weighted by Crippen LogP contribution is -2.10. The van der Waals surface area contributed by atoms with Crippen LogP contribution >= 0.6 is 0 Å². The molecule has 0 N–H and O–H groups in total. The third-order valence-corrected chi connectivity index (χ3v) is 12.9. The van der Waals surface area contributed by atoms with E-state index in [2.05, 4.69) is 186 Å². The topological polar surface area (TPSA) is 9.86 Å². The van der Waals surface area contributed by atoms with E-state index < -0.39 is 0 Å². The van der Waals surface area contributed by atoms with Gasteiger partial charge in [0.25, 0.3) is 0 Å². The maximum absolute atomic E-state index is 5.64. The SMILES string of the molecule is C#C/C=C\C1=C(C)c2c(cccc2-n2c3c(c4cc(-c5ccc6c7ccc(C8=CCCC=C8)cc7n(-c7ccc(-c8ccccc8)cc7)c6c5)ccc42)C=CCC3)CC1. The molecular formula is C57H44N2. The zero-order valence-electron chi connectivity index (χ0n) is 33.4. The van der Waals surface area contributed by atoms with Crippen LogP contribution in [0, 0.1) is 12.3 Å². The van der Waals surface area contributed by atoms with Crippen LogP contribution in [-0.2, 0) is 12.8 Å². The fraction of sp³-hybridized carbons (Fsp3) is 0.123. The van der Waals surface area contributed by atoms with Crippen LogP contribution in [-0.4, -0.2) is 9.13 Å². The Hall–Kier alpha value is -7.08. The summed E-state index contributed by atoms with van der Waals surface area (Å²) in [6.45, 7) is 2.27. The van der Waals surface area contributed by atoms with Crippen LogP contribution in [0.4, 0.5) is 0 Å². The van der Waals surface area contributed by atoms with Crippen LogP contribution in [0.25, 0.3) is 83.6 Å². The molecule has 0 atom stereocenters. The number of hydrogen-bond donors (Lipinski definition) is 0. The van der Waals surface area contributed by atoms with E-state index >= 15 is 0 Å². The minimum Gasteiger partial charge on any atom is -0.312 e. The number of nitrogens with zero attached hydrogens (tertiary/aromatic N) is 2. The van der Waals surface area contributed by atoms with Crippen LogP contribution in [0.5, 0.6) is 0 Å². The second-order valence-electron chi connectivity index (χ2n) is 16.2. The van der Waals surface area contributed by atoms with Gasteiger partial charge in [0.15, 0.2) is 0 Å². The summed E-state index contributed by atoms with van der Waals surface area (Å²) < 4.78 is 5.03. The lowest BCUT2D eigenvalue weighted by atomic mass is 9.85. The molecule has 0 spiro atoms. The first-order valence-electron chi connectivity index (χ1n) is 21.0. The first kappa shape index (κ1) is 35.1. The highest BCUT2D eigenvalue weighted by molar-refractivity contribution is 6.11. The quantitative estimate of drug-likeness (QED) is 0.150. The number of rotatable bonds is 6. The van der Waals surface area contributed by atoms with Crippen molar-refractivity contribution >= 4 is 49.9 Å². The van der Waals surface area contributed by atoms with Crippen molar-refractivity contribution in [3.05, 3.63) is 197 Å². The average Bonchev–Trinajstić information content (AvgIpc) is 3.81. The van der Waals surface area contributed by atoms with Crippen LogP contribution in [0.3, 0.4) is 0 Å². The van der Waals surface area contributed by atoms with Gasteiger partial charge in [-0.1, -0.05) is 127 Å². The third kappa shape index (κ3) is 5.88. The largest absolute Gasteiger partial charge is 0.312 e. The minimum atomic E-state index is 1.01. The lowest BCUT2D eigenvalue weighted by Gasteiger charge is -2.25. The van der Waals surface area contributed by atoms with Crippen molar-refractivity contribution in [3.8, 4) is 46.0 Å². The highest BCUT2D eigenvalue weighted by Gasteiger charge is 2.25. The Kier molecular flexibility index (Phi) is 8.56. The third-order valence-electron chi connectivity index (χ3n) is 12.9. The first-order valence-corrected chi connectivity index (χ1v) is 21.0. The van der Waals surface area contributed by atoms with Crippen LogP contribution < -0.4 is 0 Å². The molecule has 282 valence electrons. The number of hydrogen-bond acceptors (Lipinski definition) is 0. The number of allylic oxidation sites excluding steroid dienone is 9. The first-order chi connectivity index (χ1) is 29.1. The fourth-order valence-electron chi connectivity index (χ4n) is 9.98. The van der Waals surface area contributed by atoms with Gasteiger partial charge in [0, 0.05) is 38.7 Å². The summed E-state index contributed by atoms with van der Waals surface area (Å²) in [5.74, 6) is 2.70. The molecule has 2 nitrogen and oxygen atoms in total. The predicted molar refractivity (Wildman–Crippen MR) is 251 cm³/mol. The van der Waals surface area contributed by atoms with E-state index in [0.29, 0.717) is 0 Å².